The summed E-state index contributed by atoms with van der Waals surface area (Å²) in [6.07, 6.45) is 0. The van der Waals surface area contributed by atoms with E-state index >= 15 is 0 Å². The van der Waals surface area contributed by atoms with Gasteiger partial charge in [-0.3, -0.25) is 4.90 Å². The molecule has 2 N–H and O–H groups in total. The van der Waals surface area contributed by atoms with Crippen LogP contribution in [0.1, 0.15) is 27.7 Å². The van der Waals surface area contributed by atoms with Crippen molar-refractivity contribution in [2.24, 2.45) is 11.8 Å². The first-order chi connectivity index (χ1) is 9.06. The van der Waals surface area contributed by atoms with E-state index in [0.717, 1.165) is 64.3 Å². The highest BCUT2D eigenvalue weighted by Gasteiger charge is 2.08. The molecule has 0 aromatic heterocycles. The summed E-state index contributed by atoms with van der Waals surface area (Å²) in [5, 5.41) is 6.52. The Bertz CT molecular complexity index is 180. The van der Waals surface area contributed by atoms with Crippen molar-refractivity contribution < 1.29 is 4.74 Å². The third-order valence-corrected chi connectivity index (χ3v) is 2.87. The van der Waals surface area contributed by atoms with E-state index in [2.05, 4.69) is 43.2 Å². The fourth-order valence-corrected chi connectivity index (χ4v) is 1.86. The number of rotatable bonds is 7. The molecule has 1 aliphatic rings. The molecular weight excluding hydrogens is 238 g/mol. The van der Waals surface area contributed by atoms with E-state index < -0.39 is 0 Å². The zero-order valence-corrected chi connectivity index (χ0v) is 13.7. The quantitative estimate of drug-likeness (QED) is 0.688. The summed E-state index contributed by atoms with van der Waals surface area (Å²) in [5.41, 5.74) is 0. The van der Waals surface area contributed by atoms with Gasteiger partial charge >= 0.3 is 0 Å². The van der Waals surface area contributed by atoms with E-state index in [4.69, 9.17) is 4.74 Å². The van der Waals surface area contributed by atoms with Crippen molar-refractivity contribution in [3.63, 3.8) is 0 Å². The molecule has 19 heavy (non-hydrogen) atoms. The lowest BCUT2D eigenvalue weighted by molar-refractivity contribution is 0.0384. The summed E-state index contributed by atoms with van der Waals surface area (Å²) in [6.45, 7) is 17.4. The molecule has 116 valence electrons. The lowest BCUT2D eigenvalue weighted by atomic mass is 10.2. The lowest BCUT2D eigenvalue weighted by Crippen LogP contribution is -2.40. The first kappa shape index (κ1) is 18.8. The van der Waals surface area contributed by atoms with Crippen molar-refractivity contribution in [2.75, 3.05) is 59.5 Å². The number of hydrogen-bond acceptors (Lipinski definition) is 4. The predicted octanol–water partition coefficient (Wildman–Crippen LogP) is 1.43. The minimum Gasteiger partial charge on any atom is -0.379 e. The van der Waals surface area contributed by atoms with Gasteiger partial charge < -0.3 is 15.4 Å². The predicted molar refractivity (Wildman–Crippen MR) is 83.7 cm³/mol. The minimum atomic E-state index is 0.754. The van der Waals surface area contributed by atoms with Gasteiger partial charge in [-0.15, -0.1) is 0 Å². The molecule has 0 unspecified atom stereocenters. The smallest absolute Gasteiger partial charge is 0.0594 e. The van der Waals surface area contributed by atoms with Crippen LogP contribution in [-0.4, -0.2) is 64.4 Å². The molecule has 0 saturated carbocycles. The molecule has 1 aliphatic heterocycles. The third kappa shape index (κ3) is 14.1. The van der Waals surface area contributed by atoms with Crippen LogP contribution in [0.4, 0.5) is 0 Å². The van der Waals surface area contributed by atoms with E-state index in [0.29, 0.717) is 0 Å². The first-order valence-electron chi connectivity index (χ1n) is 7.71. The van der Waals surface area contributed by atoms with Crippen molar-refractivity contribution in [1.82, 2.24) is 15.5 Å². The molecule has 0 aliphatic carbocycles. The summed E-state index contributed by atoms with van der Waals surface area (Å²) in [6, 6.07) is 0. The lowest BCUT2D eigenvalue weighted by Gasteiger charge is -2.26. The van der Waals surface area contributed by atoms with Gasteiger partial charge in [0.05, 0.1) is 13.2 Å². The Balaban J connectivity index is 0.000000459. The second-order valence-corrected chi connectivity index (χ2v) is 6.00. The average molecular weight is 273 g/mol. The molecule has 4 nitrogen and oxygen atoms in total. The molecular formula is C15H35N3O. The van der Waals surface area contributed by atoms with E-state index in [1.54, 1.807) is 0 Å². The molecule has 4 heteroatoms. The second kappa shape index (κ2) is 12.9. The Morgan fingerprint density at radius 1 is 1.00 bits per heavy atom. The zero-order chi connectivity index (χ0) is 14.5. The van der Waals surface area contributed by atoms with Crippen LogP contribution < -0.4 is 10.6 Å². The van der Waals surface area contributed by atoms with Crippen molar-refractivity contribution in [3.05, 3.63) is 0 Å². The Labute approximate surface area is 120 Å². The summed E-state index contributed by atoms with van der Waals surface area (Å²) in [4.78, 5) is 2.46. The molecule has 0 bridgehead atoms. The van der Waals surface area contributed by atoms with Gasteiger partial charge in [-0.1, -0.05) is 27.7 Å². The highest BCUT2D eigenvalue weighted by molar-refractivity contribution is 4.63. The third-order valence-electron chi connectivity index (χ3n) is 2.87. The fraction of sp³-hybridized carbons (Fsp3) is 1.00. The van der Waals surface area contributed by atoms with Crippen LogP contribution in [0.25, 0.3) is 0 Å². The summed E-state index contributed by atoms with van der Waals surface area (Å²) >= 11 is 0. The number of morpholine rings is 1. The largest absolute Gasteiger partial charge is 0.379 e. The van der Waals surface area contributed by atoms with Crippen molar-refractivity contribution in [3.8, 4) is 0 Å². The van der Waals surface area contributed by atoms with E-state index in [9.17, 15) is 0 Å². The molecule has 1 rings (SSSR count). The van der Waals surface area contributed by atoms with Crippen LogP contribution in [0.15, 0.2) is 0 Å². The Morgan fingerprint density at radius 2 is 1.58 bits per heavy atom. The van der Waals surface area contributed by atoms with E-state index in [-0.39, 0.29) is 0 Å². The average Bonchev–Trinajstić information content (AvgIpc) is 2.36. The number of hydrogen-bond donors (Lipinski definition) is 2. The van der Waals surface area contributed by atoms with Gasteiger partial charge in [0.2, 0.25) is 0 Å². The van der Waals surface area contributed by atoms with Crippen LogP contribution in [0.3, 0.4) is 0 Å². The normalized spacial score (nSPS) is 16.6. The highest BCUT2D eigenvalue weighted by Crippen LogP contribution is 1.95. The van der Waals surface area contributed by atoms with Crippen molar-refractivity contribution >= 4 is 0 Å². The van der Waals surface area contributed by atoms with Crippen LogP contribution in [0.2, 0.25) is 0 Å². The molecule has 0 amide bonds. The van der Waals surface area contributed by atoms with Gasteiger partial charge in [-0.05, 0) is 32.0 Å². The second-order valence-electron chi connectivity index (χ2n) is 6.00. The van der Waals surface area contributed by atoms with Crippen molar-refractivity contribution in [1.29, 1.82) is 0 Å². The summed E-state index contributed by atoms with van der Waals surface area (Å²) in [5.74, 6) is 1.54. The maximum absolute atomic E-state index is 5.28. The molecule has 0 aromatic carbocycles. The Kier molecular flexibility index (Phi) is 12.7. The monoisotopic (exact) mass is 273 g/mol. The topological polar surface area (TPSA) is 36.5 Å². The molecule has 1 fully saturated rings. The van der Waals surface area contributed by atoms with Gasteiger partial charge in [-0.25, -0.2) is 0 Å². The van der Waals surface area contributed by atoms with Crippen LogP contribution in [0, 0.1) is 11.8 Å². The van der Waals surface area contributed by atoms with E-state index in [1.807, 2.05) is 7.05 Å². The zero-order valence-electron chi connectivity index (χ0n) is 13.7. The maximum atomic E-state index is 5.28. The van der Waals surface area contributed by atoms with Gasteiger partial charge in [0.25, 0.3) is 0 Å². The molecule has 0 spiro atoms. The van der Waals surface area contributed by atoms with Crippen molar-refractivity contribution in [2.45, 2.75) is 27.7 Å². The molecule has 0 aromatic rings. The van der Waals surface area contributed by atoms with Crippen LogP contribution in [-0.2, 0) is 4.74 Å². The molecule has 1 saturated heterocycles. The minimum absolute atomic E-state index is 0.754. The van der Waals surface area contributed by atoms with Gasteiger partial charge in [0.15, 0.2) is 0 Å². The van der Waals surface area contributed by atoms with E-state index in [1.165, 1.54) is 0 Å². The highest BCUT2D eigenvalue weighted by atomic mass is 16.5. The standard InChI is InChI=1S/C10H22N2O.C5H13N/c1-10(2)9-11-3-4-12-5-7-13-8-6-12;1-5(2)4-6-3/h10-11H,3-9H2,1-2H3;5-6H,4H2,1-3H3. The SMILES string of the molecule is CC(C)CNCCN1CCOCC1.CNCC(C)C. The maximum Gasteiger partial charge on any atom is 0.0594 e. The molecule has 0 radical (unpaired) electrons. The summed E-state index contributed by atoms with van der Waals surface area (Å²) in [7, 11) is 1.97. The Hall–Kier alpha value is -0.160. The molecule has 1 heterocycles. The number of nitrogens with zero attached hydrogens (tertiary/aromatic N) is 1. The summed E-state index contributed by atoms with van der Waals surface area (Å²) < 4.78 is 5.28. The Morgan fingerprint density at radius 3 is 2.00 bits per heavy atom. The number of nitrogens with one attached hydrogen (secondary N) is 2. The van der Waals surface area contributed by atoms with Gasteiger partial charge in [0.1, 0.15) is 0 Å². The van der Waals surface area contributed by atoms with Gasteiger partial charge in [0, 0.05) is 26.2 Å². The number of ether oxygens (including phenoxy) is 1. The van der Waals surface area contributed by atoms with Crippen LogP contribution in [0.5, 0.6) is 0 Å². The fourth-order valence-electron chi connectivity index (χ4n) is 1.86. The van der Waals surface area contributed by atoms with Crippen LogP contribution >= 0.6 is 0 Å². The first-order valence-corrected chi connectivity index (χ1v) is 7.71. The van der Waals surface area contributed by atoms with Gasteiger partial charge in [-0.2, -0.15) is 0 Å². The molecule has 0 atom stereocenters.